The van der Waals surface area contributed by atoms with Gasteiger partial charge in [0.1, 0.15) is 5.75 Å². The van der Waals surface area contributed by atoms with Gasteiger partial charge in [-0.15, -0.1) is 0 Å². The molecule has 1 atom stereocenters. The average molecular weight is 357 g/mol. The molecular weight excluding hydrogens is 338 g/mol. The number of thiocarbonyl (C=S) groups is 1. The third kappa shape index (κ3) is 5.36. The fourth-order valence-electron chi connectivity index (χ4n) is 2.19. The molecule has 2 rings (SSSR count). The molecule has 1 aliphatic rings. The predicted molar refractivity (Wildman–Crippen MR) is 90.5 cm³/mol. The van der Waals surface area contributed by atoms with Gasteiger partial charge in [-0.2, -0.15) is 0 Å². The second kappa shape index (κ2) is 7.60. The molecule has 1 aliphatic heterocycles. The lowest BCUT2D eigenvalue weighted by Crippen LogP contribution is -2.48. The number of methoxy groups -OCH3 is 1. The van der Waals surface area contributed by atoms with Crippen LogP contribution in [-0.4, -0.2) is 38.1 Å². The van der Waals surface area contributed by atoms with Gasteiger partial charge in [0, 0.05) is 6.54 Å². The molecule has 1 fully saturated rings. The second-order valence-electron chi connectivity index (χ2n) is 5.24. The highest BCUT2D eigenvalue weighted by Crippen LogP contribution is 2.18. The molecule has 0 bridgehead atoms. The number of carbonyl (C=O) groups is 1. The minimum atomic E-state index is -3.08. The normalized spacial score (nSPS) is 18.9. The highest BCUT2D eigenvalue weighted by Gasteiger charge is 2.32. The molecule has 0 saturated carbocycles. The van der Waals surface area contributed by atoms with Gasteiger partial charge < -0.3 is 10.1 Å². The molecule has 0 spiro atoms. The summed E-state index contributed by atoms with van der Waals surface area (Å²) >= 11 is 5.06. The van der Waals surface area contributed by atoms with Crippen molar-refractivity contribution in [2.75, 3.05) is 18.6 Å². The number of sulfone groups is 1. The van der Waals surface area contributed by atoms with E-state index in [0.29, 0.717) is 13.0 Å². The topological polar surface area (TPSA) is 96.5 Å². The van der Waals surface area contributed by atoms with Gasteiger partial charge in [-0.25, -0.2) is 8.42 Å². The minimum Gasteiger partial charge on any atom is -0.497 e. The quantitative estimate of drug-likeness (QED) is 0.520. The van der Waals surface area contributed by atoms with Gasteiger partial charge in [0.25, 0.3) is 0 Å². The Kier molecular flexibility index (Phi) is 5.78. The van der Waals surface area contributed by atoms with Crippen LogP contribution in [0.3, 0.4) is 0 Å². The number of nitrogens with one attached hydrogen (secondary N) is 3. The van der Waals surface area contributed by atoms with E-state index in [-0.39, 0.29) is 22.5 Å². The number of ether oxygens (including phenoxy) is 1. The summed E-state index contributed by atoms with van der Waals surface area (Å²) in [5.41, 5.74) is 6.02. The van der Waals surface area contributed by atoms with Crippen LogP contribution >= 0.6 is 12.2 Å². The number of hydrazine groups is 1. The van der Waals surface area contributed by atoms with Crippen LogP contribution in [0.1, 0.15) is 12.0 Å². The molecule has 3 N–H and O–H groups in total. The van der Waals surface area contributed by atoms with Crippen LogP contribution in [0.15, 0.2) is 24.3 Å². The maximum atomic E-state index is 11.8. The lowest BCUT2D eigenvalue weighted by atomic mass is 10.1. The first-order valence-electron chi connectivity index (χ1n) is 7.06. The Labute approximate surface area is 140 Å². The van der Waals surface area contributed by atoms with Crippen molar-refractivity contribution in [3.8, 4) is 5.75 Å². The van der Waals surface area contributed by atoms with E-state index in [9.17, 15) is 13.2 Å². The number of amides is 1. The van der Waals surface area contributed by atoms with Gasteiger partial charge >= 0.3 is 0 Å². The van der Waals surface area contributed by atoms with Crippen LogP contribution in [0, 0.1) is 5.92 Å². The summed E-state index contributed by atoms with van der Waals surface area (Å²) in [6.07, 6.45) is 0.349. The van der Waals surface area contributed by atoms with Crippen molar-refractivity contribution in [1.82, 2.24) is 16.2 Å². The molecule has 9 heteroatoms. The van der Waals surface area contributed by atoms with Crippen molar-refractivity contribution in [3.05, 3.63) is 29.8 Å². The Morgan fingerprint density at radius 1 is 1.30 bits per heavy atom. The largest absolute Gasteiger partial charge is 0.497 e. The Balaban J connectivity index is 1.71. The molecule has 0 radical (unpaired) electrons. The van der Waals surface area contributed by atoms with Crippen LogP contribution < -0.4 is 20.9 Å². The zero-order chi connectivity index (χ0) is 16.9. The Bertz CT molecular complexity index is 674. The highest BCUT2D eigenvalue weighted by molar-refractivity contribution is 7.91. The molecule has 1 aromatic carbocycles. The summed E-state index contributed by atoms with van der Waals surface area (Å²) in [4.78, 5) is 11.8. The molecular formula is C14H19N3O4S2. The molecule has 1 saturated heterocycles. The molecule has 0 aromatic heterocycles. The van der Waals surface area contributed by atoms with E-state index < -0.39 is 15.8 Å². The van der Waals surface area contributed by atoms with Crippen LogP contribution in [0.2, 0.25) is 0 Å². The Morgan fingerprint density at radius 3 is 2.57 bits per heavy atom. The molecule has 1 amide bonds. The number of rotatable bonds is 4. The van der Waals surface area contributed by atoms with Gasteiger partial charge in [0.15, 0.2) is 14.9 Å². The SMILES string of the molecule is COc1ccc(CNC(=S)NNC(=O)[C@@H]2CCS(=O)(=O)C2)cc1. The number of hydrogen-bond acceptors (Lipinski definition) is 5. The maximum Gasteiger partial charge on any atom is 0.242 e. The van der Waals surface area contributed by atoms with Gasteiger partial charge in [-0.05, 0) is 36.3 Å². The molecule has 0 aliphatic carbocycles. The van der Waals surface area contributed by atoms with Gasteiger partial charge in [0.2, 0.25) is 5.91 Å². The lowest BCUT2D eigenvalue weighted by Gasteiger charge is -2.13. The van der Waals surface area contributed by atoms with Crippen LogP contribution in [0.25, 0.3) is 0 Å². The minimum absolute atomic E-state index is 0.0608. The van der Waals surface area contributed by atoms with Gasteiger partial charge in [-0.3, -0.25) is 15.6 Å². The number of hydrogen-bond donors (Lipinski definition) is 3. The number of benzene rings is 1. The van der Waals surface area contributed by atoms with Crippen molar-refractivity contribution in [3.63, 3.8) is 0 Å². The summed E-state index contributed by atoms with van der Waals surface area (Å²) in [5.74, 6) is -0.151. The maximum absolute atomic E-state index is 11.8. The first-order valence-corrected chi connectivity index (χ1v) is 9.29. The number of carbonyl (C=O) groups excluding carboxylic acids is 1. The zero-order valence-corrected chi connectivity index (χ0v) is 14.3. The van der Waals surface area contributed by atoms with E-state index >= 15 is 0 Å². The summed E-state index contributed by atoms with van der Waals surface area (Å²) in [5, 5.41) is 3.20. The van der Waals surface area contributed by atoms with Crippen molar-refractivity contribution >= 4 is 33.1 Å². The van der Waals surface area contributed by atoms with Crippen molar-refractivity contribution in [2.24, 2.45) is 5.92 Å². The second-order valence-corrected chi connectivity index (χ2v) is 7.88. The van der Waals surface area contributed by atoms with Crippen LogP contribution in [-0.2, 0) is 21.2 Å². The highest BCUT2D eigenvalue weighted by atomic mass is 32.2. The molecule has 1 aromatic rings. The summed E-state index contributed by atoms with van der Waals surface area (Å²) in [6.45, 7) is 0.490. The van der Waals surface area contributed by atoms with Gasteiger partial charge in [0.05, 0.1) is 24.5 Å². The Hall–Kier alpha value is -1.87. The smallest absolute Gasteiger partial charge is 0.242 e. The monoisotopic (exact) mass is 357 g/mol. The van der Waals surface area contributed by atoms with E-state index in [1.807, 2.05) is 24.3 Å². The Morgan fingerprint density at radius 2 is 2.00 bits per heavy atom. The molecule has 126 valence electrons. The predicted octanol–water partition coefficient (Wildman–Crippen LogP) is 0.125. The molecule has 7 nitrogen and oxygen atoms in total. The standard InChI is InChI=1S/C14H19N3O4S2/c1-21-12-4-2-10(3-5-12)8-15-14(22)17-16-13(18)11-6-7-23(19,20)9-11/h2-5,11H,6-9H2,1H3,(H,16,18)(H2,15,17,22)/t11-/m1/s1. The zero-order valence-electron chi connectivity index (χ0n) is 12.7. The lowest BCUT2D eigenvalue weighted by molar-refractivity contribution is -0.124. The van der Waals surface area contributed by atoms with Crippen LogP contribution in [0.4, 0.5) is 0 Å². The first kappa shape index (κ1) is 17.5. The van der Waals surface area contributed by atoms with E-state index in [1.54, 1.807) is 7.11 Å². The van der Waals surface area contributed by atoms with Crippen molar-refractivity contribution < 1.29 is 17.9 Å². The van der Waals surface area contributed by atoms with Crippen LogP contribution in [0.5, 0.6) is 5.75 Å². The third-order valence-electron chi connectivity index (χ3n) is 3.51. The van der Waals surface area contributed by atoms with E-state index in [1.165, 1.54) is 0 Å². The summed E-state index contributed by atoms with van der Waals surface area (Å²) in [7, 11) is -1.48. The van der Waals surface area contributed by atoms with E-state index in [4.69, 9.17) is 17.0 Å². The fourth-order valence-corrected chi connectivity index (χ4v) is 4.06. The first-order chi connectivity index (χ1) is 10.9. The third-order valence-corrected chi connectivity index (χ3v) is 5.53. The van der Waals surface area contributed by atoms with Crippen molar-refractivity contribution in [2.45, 2.75) is 13.0 Å². The fraction of sp³-hybridized carbons (Fsp3) is 0.429. The summed E-state index contributed by atoms with van der Waals surface area (Å²) < 4.78 is 27.8. The van der Waals surface area contributed by atoms with E-state index in [2.05, 4.69) is 16.2 Å². The average Bonchev–Trinajstić information content (AvgIpc) is 2.91. The van der Waals surface area contributed by atoms with E-state index in [0.717, 1.165) is 11.3 Å². The van der Waals surface area contributed by atoms with Crippen molar-refractivity contribution in [1.29, 1.82) is 0 Å². The summed E-state index contributed by atoms with van der Waals surface area (Å²) in [6, 6.07) is 7.48. The molecule has 23 heavy (non-hydrogen) atoms. The molecule has 0 unspecified atom stereocenters. The van der Waals surface area contributed by atoms with Gasteiger partial charge in [-0.1, -0.05) is 12.1 Å². The molecule has 1 heterocycles.